The average Bonchev–Trinajstić information content (AvgIpc) is 3.04. The van der Waals surface area contributed by atoms with Gasteiger partial charge in [-0.3, -0.25) is 4.79 Å². The molecule has 0 bridgehead atoms. The summed E-state index contributed by atoms with van der Waals surface area (Å²) in [6, 6.07) is 15.0. The standard InChI is InChI=1S/C17H14N2O2/c1-19-15-9-5-3-7-12(15)17(21,16(19)20)13-10-18-14-8-4-2-6-11(13)14/h2-10,18,21H,1H3. The lowest BCUT2D eigenvalue weighted by atomic mass is 9.87. The van der Waals surface area contributed by atoms with E-state index in [1.165, 1.54) is 4.90 Å². The third kappa shape index (κ3) is 1.40. The zero-order valence-electron chi connectivity index (χ0n) is 11.5. The van der Waals surface area contributed by atoms with Gasteiger partial charge in [0.15, 0.2) is 5.60 Å². The number of nitrogens with zero attached hydrogens (tertiary/aromatic N) is 1. The first-order valence-corrected chi connectivity index (χ1v) is 6.80. The van der Waals surface area contributed by atoms with Crippen molar-refractivity contribution in [2.45, 2.75) is 5.60 Å². The summed E-state index contributed by atoms with van der Waals surface area (Å²) in [4.78, 5) is 17.3. The van der Waals surface area contributed by atoms with Crippen LogP contribution in [0.1, 0.15) is 11.1 Å². The molecule has 0 saturated heterocycles. The smallest absolute Gasteiger partial charge is 0.268 e. The second-order valence-corrected chi connectivity index (χ2v) is 5.34. The van der Waals surface area contributed by atoms with Gasteiger partial charge in [-0.1, -0.05) is 36.4 Å². The molecule has 1 aliphatic heterocycles. The van der Waals surface area contributed by atoms with Crippen LogP contribution in [0.4, 0.5) is 5.69 Å². The Morgan fingerprint density at radius 3 is 2.62 bits per heavy atom. The quantitative estimate of drug-likeness (QED) is 0.718. The molecule has 2 heterocycles. The molecule has 1 aliphatic rings. The molecule has 21 heavy (non-hydrogen) atoms. The maximum Gasteiger partial charge on any atom is 0.268 e. The largest absolute Gasteiger partial charge is 0.372 e. The van der Waals surface area contributed by atoms with E-state index in [9.17, 15) is 9.90 Å². The number of anilines is 1. The molecular weight excluding hydrogens is 264 g/mol. The number of fused-ring (bicyclic) bond motifs is 2. The number of aliphatic hydroxyl groups is 1. The molecular formula is C17H14N2O2. The number of nitrogens with one attached hydrogen (secondary N) is 1. The van der Waals surface area contributed by atoms with Gasteiger partial charge < -0.3 is 15.0 Å². The number of benzene rings is 2. The minimum absolute atomic E-state index is 0.326. The van der Waals surface area contributed by atoms with Crippen LogP contribution < -0.4 is 4.90 Å². The van der Waals surface area contributed by atoms with Crippen LogP contribution in [-0.4, -0.2) is 23.0 Å². The monoisotopic (exact) mass is 278 g/mol. The zero-order chi connectivity index (χ0) is 14.6. The Morgan fingerprint density at radius 2 is 1.76 bits per heavy atom. The fraction of sp³-hybridized carbons (Fsp3) is 0.118. The minimum atomic E-state index is -1.63. The molecule has 104 valence electrons. The van der Waals surface area contributed by atoms with Gasteiger partial charge in [0.25, 0.3) is 5.91 Å². The Morgan fingerprint density at radius 1 is 1.05 bits per heavy atom. The SMILES string of the molecule is CN1C(=O)C(O)(c2c[nH]c3ccccc23)c2ccccc21. The van der Waals surface area contributed by atoms with Gasteiger partial charge in [0.1, 0.15) is 0 Å². The van der Waals surface area contributed by atoms with Crippen LogP contribution in [0.15, 0.2) is 54.7 Å². The first kappa shape index (κ1) is 12.2. The molecule has 1 atom stereocenters. The van der Waals surface area contributed by atoms with Crippen molar-refractivity contribution < 1.29 is 9.90 Å². The number of aromatic amines is 1. The van der Waals surface area contributed by atoms with Crippen LogP contribution in [0.5, 0.6) is 0 Å². The van der Waals surface area contributed by atoms with Crippen molar-refractivity contribution in [3.63, 3.8) is 0 Å². The van der Waals surface area contributed by atoms with E-state index in [1.54, 1.807) is 19.3 Å². The first-order valence-electron chi connectivity index (χ1n) is 6.80. The number of H-pyrrole nitrogens is 1. The number of para-hydroxylation sites is 2. The Bertz CT molecular complexity index is 868. The Labute approximate surface area is 121 Å². The number of carbonyl (C=O) groups excluding carboxylic acids is 1. The van der Waals surface area contributed by atoms with Crippen LogP contribution in [-0.2, 0) is 10.4 Å². The summed E-state index contributed by atoms with van der Waals surface area (Å²) >= 11 is 0. The Kier molecular flexibility index (Phi) is 2.30. The number of likely N-dealkylation sites (N-methyl/N-ethyl adjacent to an activating group) is 1. The number of hydrogen-bond donors (Lipinski definition) is 2. The highest BCUT2D eigenvalue weighted by Crippen LogP contribution is 2.45. The molecule has 4 nitrogen and oxygen atoms in total. The van der Waals surface area contributed by atoms with E-state index in [1.807, 2.05) is 42.5 Å². The second-order valence-electron chi connectivity index (χ2n) is 5.34. The first-order chi connectivity index (χ1) is 10.1. The van der Waals surface area contributed by atoms with E-state index in [2.05, 4.69) is 4.98 Å². The van der Waals surface area contributed by atoms with E-state index in [0.717, 1.165) is 16.6 Å². The molecule has 4 heteroatoms. The molecule has 1 unspecified atom stereocenters. The molecule has 2 aromatic carbocycles. The van der Waals surface area contributed by atoms with Crippen molar-refractivity contribution in [2.24, 2.45) is 0 Å². The molecule has 0 radical (unpaired) electrons. The number of hydrogen-bond acceptors (Lipinski definition) is 2. The van der Waals surface area contributed by atoms with E-state index in [-0.39, 0.29) is 5.91 Å². The van der Waals surface area contributed by atoms with Gasteiger partial charge in [-0.2, -0.15) is 0 Å². The number of rotatable bonds is 1. The van der Waals surface area contributed by atoms with Crippen LogP contribution in [0.2, 0.25) is 0 Å². The van der Waals surface area contributed by atoms with Gasteiger partial charge in [0.05, 0.1) is 5.69 Å². The topological polar surface area (TPSA) is 56.3 Å². The van der Waals surface area contributed by atoms with Crippen LogP contribution in [0.25, 0.3) is 10.9 Å². The predicted octanol–water partition coefficient (Wildman–Crippen LogP) is 2.38. The van der Waals surface area contributed by atoms with E-state index < -0.39 is 5.60 Å². The second kappa shape index (κ2) is 3.96. The molecule has 0 saturated carbocycles. The van der Waals surface area contributed by atoms with Gasteiger partial charge >= 0.3 is 0 Å². The summed E-state index contributed by atoms with van der Waals surface area (Å²) < 4.78 is 0. The van der Waals surface area contributed by atoms with Gasteiger partial charge in [-0.05, 0) is 12.1 Å². The van der Waals surface area contributed by atoms with Crippen molar-refractivity contribution in [1.29, 1.82) is 0 Å². The average molecular weight is 278 g/mol. The molecule has 2 N–H and O–H groups in total. The van der Waals surface area contributed by atoms with Gasteiger partial charge in [-0.25, -0.2) is 0 Å². The molecule has 4 rings (SSSR count). The third-order valence-electron chi connectivity index (χ3n) is 4.25. The fourth-order valence-electron chi connectivity index (χ4n) is 3.17. The summed E-state index contributed by atoms with van der Waals surface area (Å²) in [5.41, 5.74) is 1.24. The molecule has 1 amide bonds. The maximum atomic E-state index is 12.7. The highest BCUT2D eigenvalue weighted by Gasteiger charge is 2.50. The summed E-state index contributed by atoms with van der Waals surface area (Å²) in [6.45, 7) is 0. The van der Waals surface area contributed by atoms with Crippen molar-refractivity contribution in [2.75, 3.05) is 11.9 Å². The lowest BCUT2D eigenvalue weighted by Gasteiger charge is -2.21. The van der Waals surface area contributed by atoms with Crippen molar-refractivity contribution in [3.8, 4) is 0 Å². The predicted molar refractivity (Wildman–Crippen MR) is 81.1 cm³/mol. The normalized spacial score (nSPS) is 21.0. The Hall–Kier alpha value is -2.59. The fourth-order valence-corrected chi connectivity index (χ4v) is 3.17. The highest BCUT2D eigenvalue weighted by molar-refractivity contribution is 6.10. The Balaban J connectivity index is 2.05. The third-order valence-corrected chi connectivity index (χ3v) is 4.25. The molecule has 0 fully saturated rings. The van der Waals surface area contributed by atoms with E-state index in [4.69, 9.17) is 0 Å². The van der Waals surface area contributed by atoms with Crippen molar-refractivity contribution in [3.05, 3.63) is 65.9 Å². The van der Waals surface area contributed by atoms with Crippen molar-refractivity contribution >= 4 is 22.5 Å². The number of carbonyl (C=O) groups is 1. The van der Waals surface area contributed by atoms with Crippen LogP contribution in [0.3, 0.4) is 0 Å². The van der Waals surface area contributed by atoms with Crippen molar-refractivity contribution in [1.82, 2.24) is 4.98 Å². The lowest BCUT2D eigenvalue weighted by molar-refractivity contribution is -0.131. The number of aromatic nitrogens is 1. The maximum absolute atomic E-state index is 12.7. The van der Waals surface area contributed by atoms with Gasteiger partial charge in [-0.15, -0.1) is 0 Å². The molecule has 0 aliphatic carbocycles. The van der Waals surface area contributed by atoms with E-state index in [0.29, 0.717) is 11.1 Å². The molecule has 0 spiro atoms. The van der Waals surface area contributed by atoms with Gasteiger partial charge in [0, 0.05) is 35.3 Å². The summed E-state index contributed by atoms with van der Waals surface area (Å²) in [7, 11) is 1.69. The lowest BCUT2D eigenvalue weighted by Crippen LogP contribution is -2.39. The van der Waals surface area contributed by atoms with Gasteiger partial charge in [0.2, 0.25) is 0 Å². The minimum Gasteiger partial charge on any atom is -0.372 e. The zero-order valence-corrected chi connectivity index (χ0v) is 11.5. The van der Waals surface area contributed by atoms with Crippen LogP contribution in [0, 0.1) is 0 Å². The summed E-state index contributed by atoms with van der Waals surface area (Å²) in [5.74, 6) is -0.326. The summed E-state index contributed by atoms with van der Waals surface area (Å²) in [6.07, 6.45) is 1.72. The molecule has 1 aromatic heterocycles. The molecule has 3 aromatic rings. The van der Waals surface area contributed by atoms with E-state index >= 15 is 0 Å². The number of amides is 1. The summed E-state index contributed by atoms with van der Waals surface area (Å²) in [5, 5.41) is 12.1. The highest BCUT2D eigenvalue weighted by atomic mass is 16.3. The van der Waals surface area contributed by atoms with Crippen LogP contribution >= 0.6 is 0 Å².